The average molecular weight is 399 g/mol. The lowest BCUT2D eigenvalue weighted by molar-refractivity contribution is 0.402. The van der Waals surface area contributed by atoms with Gasteiger partial charge in [0.15, 0.2) is 0 Å². The van der Waals surface area contributed by atoms with Crippen LogP contribution < -0.4 is 15.2 Å². The third-order valence-electron chi connectivity index (χ3n) is 3.42. The van der Waals surface area contributed by atoms with E-state index in [1.807, 2.05) is 19.1 Å². The van der Waals surface area contributed by atoms with Gasteiger partial charge in [-0.25, -0.2) is 13.1 Å². The van der Waals surface area contributed by atoms with Gasteiger partial charge in [-0.05, 0) is 48.7 Å². The van der Waals surface area contributed by atoms with Gasteiger partial charge in [0.2, 0.25) is 10.0 Å². The molecule has 0 radical (unpaired) electrons. The first-order valence-corrected chi connectivity index (χ1v) is 9.29. The number of rotatable bonds is 6. The number of halogens is 1. The van der Waals surface area contributed by atoms with Crippen molar-refractivity contribution in [2.45, 2.75) is 18.2 Å². The lowest BCUT2D eigenvalue weighted by Gasteiger charge is -2.12. The minimum Gasteiger partial charge on any atom is -0.495 e. The van der Waals surface area contributed by atoms with Crippen molar-refractivity contribution in [3.05, 3.63) is 52.0 Å². The molecule has 0 spiro atoms. The lowest BCUT2D eigenvalue weighted by Crippen LogP contribution is -2.26. The molecule has 0 unspecified atom stereocenters. The van der Waals surface area contributed by atoms with Crippen LogP contribution in [0.25, 0.3) is 0 Å². The van der Waals surface area contributed by atoms with Crippen LogP contribution in [-0.4, -0.2) is 22.1 Å². The van der Waals surface area contributed by atoms with Crippen molar-refractivity contribution < 1.29 is 13.2 Å². The Hall–Kier alpha value is -1.57. The van der Waals surface area contributed by atoms with Crippen LogP contribution in [0.3, 0.4) is 0 Å². The molecule has 0 aliphatic heterocycles. The second-order valence-corrected chi connectivity index (χ2v) is 7.73. The Morgan fingerprint density at radius 3 is 2.48 bits per heavy atom. The monoisotopic (exact) mass is 398 g/mol. The van der Waals surface area contributed by atoms with E-state index in [9.17, 15) is 8.42 Å². The Labute approximate surface area is 145 Å². The normalized spacial score (nSPS) is 11.4. The molecule has 0 fully saturated rings. The molecular formula is C16H19BrN2O3S. The van der Waals surface area contributed by atoms with Gasteiger partial charge in [0.25, 0.3) is 0 Å². The molecule has 5 nitrogen and oxygen atoms in total. The number of methoxy groups -OCH3 is 1. The average Bonchev–Trinajstić information content (AvgIpc) is 2.51. The molecule has 3 N–H and O–H groups in total. The zero-order valence-electron chi connectivity index (χ0n) is 13.0. The standard InChI is InChI=1S/C16H19BrN2O3S/c1-11-9-15(22-2)16(10-14(11)17)23(20,21)19-8-7-12-3-5-13(18)6-4-12/h3-6,9-10,19H,7-8,18H2,1-2H3. The summed E-state index contributed by atoms with van der Waals surface area (Å²) in [5.74, 6) is 0.325. The number of hydrogen-bond acceptors (Lipinski definition) is 4. The molecule has 23 heavy (non-hydrogen) atoms. The number of ether oxygens (including phenoxy) is 1. The van der Waals surface area contributed by atoms with Crippen molar-refractivity contribution in [3.63, 3.8) is 0 Å². The van der Waals surface area contributed by atoms with Crippen molar-refractivity contribution in [1.82, 2.24) is 4.72 Å². The van der Waals surface area contributed by atoms with E-state index in [4.69, 9.17) is 10.5 Å². The number of anilines is 1. The lowest BCUT2D eigenvalue weighted by atomic mass is 10.1. The Kier molecular flexibility index (Phi) is 5.67. The minimum absolute atomic E-state index is 0.120. The van der Waals surface area contributed by atoms with Crippen LogP contribution in [0.1, 0.15) is 11.1 Å². The summed E-state index contributed by atoms with van der Waals surface area (Å²) in [5, 5.41) is 0. The van der Waals surface area contributed by atoms with E-state index in [1.165, 1.54) is 7.11 Å². The molecular weight excluding hydrogens is 380 g/mol. The number of nitrogens with two attached hydrogens (primary N) is 1. The van der Waals surface area contributed by atoms with Crippen molar-refractivity contribution in [2.75, 3.05) is 19.4 Å². The zero-order chi connectivity index (χ0) is 17.0. The fourth-order valence-electron chi connectivity index (χ4n) is 2.10. The molecule has 0 heterocycles. The van der Waals surface area contributed by atoms with E-state index in [2.05, 4.69) is 20.7 Å². The molecule has 0 saturated carbocycles. The van der Waals surface area contributed by atoms with Crippen LogP contribution in [0.4, 0.5) is 5.69 Å². The van der Waals surface area contributed by atoms with E-state index in [-0.39, 0.29) is 4.90 Å². The molecule has 0 aliphatic carbocycles. The topological polar surface area (TPSA) is 81.4 Å². The molecule has 2 aromatic carbocycles. The SMILES string of the molecule is COc1cc(C)c(Br)cc1S(=O)(=O)NCCc1ccc(N)cc1. The summed E-state index contributed by atoms with van der Waals surface area (Å²) in [7, 11) is -2.20. The van der Waals surface area contributed by atoms with Crippen molar-refractivity contribution >= 4 is 31.6 Å². The van der Waals surface area contributed by atoms with Gasteiger partial charge >= 0.3 is 0 Å². The summed E-state index contributed by atoms with van der Waals surface area (Å²) in [6, 6.07) is 10.6. The van der Waals surface area contributed by atoms with Crippen molar-refractivity contribution in [3.8, 4) is 5.75 Å². The van der Waals surface area contributed by atoms with Gasteiger partial charge in [-0.3, -0.25) is 0 Å². The van der Waals surface area contributed by atoms with Crippen molar-refractivity contribution in [2.24, 2.45) is 0 Å². The highest BCUT2D eigenvalue weighted by Gasteiger charge is 2.20. The smallest absolute Gasteiger partial charge is 0.244 e. The summed E-state index contributed by atoms with van der Waals surface area (Å²) in [5.41, 5.74) is 8.23. The zero-order valence-corrected chi connectivity index (χ0v) is 15.4. The van der Waals surface area contributed by atoms with Crippen LogP contribution in [0.15, 0.2) is 45.8 Å². The summed E-state index contributed by atoms with van der Waals surface area (Å²) >= 11 is 3.35. The number of sulfonamides is 1. The van der Waals surface area contributed by atoms with E-state index >= 15 is 0 Å². The molecule has 7 heteroatoms. The maximum atomic E-state index is 12.5. The number of benzene rings is 2. The molecule has 124 valence electrons. The molecule has 2 aromatic rings. The predicted octanol–water partition coefficient (Wildman–Crippen LogP) is 2.87. The Morgan fingerprint density at radius 1 is 1.22 bits per heavy atom. The summed E-state index contributed by atoms with van der Waals surface area (Å²) in [6.07, 6.45) is 0.578. The van der Waals surface area contributed by atoms with Crippen LogP contribution in [0.2, 0.25) is 0 Å². The summed E-state index contributed by atoms with van der Waals surface area (Å²) < 4.78 is 33.5. The van der Waals surface area contributed by atoms with Gasteiger partial charge < -0.3 is 10.5 Å². The molecule has 0 amide bonds. The number of aryl methyl sites for hydroxylation is 1. The van der Waals surface area contributed by atoms with Gasteiger partial charge in [-0.15, -0.1) is 0 Å². The highest BCUT2D eigenvalue weighted by atomic mass is 79.9. The van der Waals surface area contributed by atoms with E-state index < -0.39 is 10.0 Å². The Morgan fingerprint density at radius 2 is 1.87 bits per heavy atom. The van der Waals surface area contributed by atoms with Crippen LogP contribution in [0.5, 0.6) is 5.75 Å². The predicted molar refractivity (Wildman–Crippen MR) is 95.2 cm³/mol. The van der Waals surface area contributed by atoms with Crippen LogP contribution >= 0.6 is 15.9 Å². The van der Waals surface area contributed by atoms with Crippen molar-refractivity contribution in [1.29, 1.82) is 0 Å². The molecule has 0 saturated heterocycles. The highest BCUT2D eigenvalue weighted by Crippen LogP contribution is 2.30. The maximum Gasteiger partial charge on any atom is 0.244 e. The highest BCUT2D eigenvalue weighted by molar-refractivity contribution is 9.10. The Balaban J connectivity index is 2.13. The van der Waals surface area contributed by atoms with Gasteiger partial charge in [0.05, 0.1) is 7.11 Å². The minimum atomic E-state index is -3.65. The first-order chi connectivity index (χ1) is 10.8. The van der Waals surface area contributed by atoms with Gasteiger partial charge in [0, 0.05) is 16.7 Å². The fraction of sp³-hybridized carbons (Fsp3) is 0.250. The molecule has 2 rings (SSSR count). The number of nitrogen functional groups attached to an aromatic ring is 1. The van der Waals surface area contributed by atoms with E-state index in [0.29, 0.717) is 24.4 Å². The second-order valence-electron chi connectivity index (χ2n) is 5.14. The molecule has 0 aliphatic rings. The van der Waals surface area contributed by atoms with Gasteiger partial charge in [0.1, 0.15) is 10.6 Å². The Bertz CT molecular complexity index is 790. The second kappa shape index (κ2) is 7.33. The van der Waals surface area contributed by atoms with Gasteiger partial charge in [-0.1, -0.05) is 28.1 Å². The maximum absolute atomic E-state index is 12.5. The third kappa shape index (κ3) is 4.46. The molecule has 0 aromatic heterocycles. The first-order valence-electron chi connectivity index (χ1n) is 7.01. The van der Waals surface area contributed by atoms with E-state index in [0.717, 1.165) is 15.6 Å². The number of hydrogen-bond donors (Lipinski definition) is 2. The fourth-order valence-corrected chi connectivity index (χ4v) is 3.80. The first kappa shape index (κ1) is 17.8. The molecule has 0 bridgehead atoms. The molecule has 0 atom stereocenters. The van der Waals surface area contributed by atoms with Crippen LogP contribution in [-0.2, 0) is 16.4 Å². The van der Waals surface area contributed by atoms with E-state index in [1.54, 1.807) is 24.3 Å². The quantitative estimate of drug-likeness (QED) is 0.732. The third-order valence-corrected chi connectivity index (χ3v) is 5.76. The number of nitrogens with one attached hydrogen (secondary N) is 1. The summed E-state index contributed by atoms with van der Waals surface area (Å²) in [6.45, 7) is 2.17. The summed E-state index contributed by atoms with van der Waals surface area (Å²) in [4.78, 5) is 0.120. The van der Waals surface area contributed by atoms with Crippen LogP contribution in [0, 0.1) is 6.92 Å². The van der Waals surface area contributed by atoms with Gasteiger partial charge in [-0.2, -0.15) is 0 Å². The largest absolute Gasteiger partial charge is 0.495 e.